The van der Waals surface area contributed by atoms with Crippen LogP contribution in [0.5, 0.6) is 0 Å². The molecule has 7 rings (SSSR count). The summed E-state index contributed by atoms with van der Waals surface area (Å²) in [4.78, 5) is 26.5. The Hall–Kier alpha value is -2.58. The molecule has 52 heavy (non-hydrogen) atoms. The summed E-state index contributed by atoms with van der Waals surface area (Å²) < 4.78 is 47.6. The Morgan fingerprint density at radius 3 is 2.37 bits per heavy atom. The second-order valence-corrected chi connectivity index (χ2v) is 14.8. The van der Waals surface area contributed by atoms with E-state index in [9.17, 15) is 40.2 Å². The van der Waals surface area contributed by atoms with E-state index in [0.29, 0.717) is 19.4 Å². The fraction of sp³-hybridized carbons (Fsp3) is 0.722. The molecule has 0 unspecified atom stereocenters. The molecule has 1 aliphatic carbocycles. The second kappa shape index (κ2) is 14.9. The minimum Gasteiger partial charge on any atom is -0.459 e. The van der Waals surface area contributed by atoms with E-state index in [2.05, 4.69) is 0 Å². The molecule has 6 N–H and O–H groups in total. The highest BCUT2D eigenvalue weighted by Gasteiger charge is 2.76. The van der Waals surface area contributed by atoms with Crippen molar-refractivity contribution >= 4 is 18.0 Å². The number of hydrogen-bond acceptors (Lipinski definition) is 16. The molecular weight excluding hydrogens is 688 g/mol. The van der Waals surface area contributed by atoms with Crippen LogP contribution >= 0.6 is 0 Å². The summed E-state index contributed by atoms with van der Waals surface area (Å²) in [6.07, 6.45) is -11.9. The van der Waals surface area contributed by atoms with E-state index in [1.807, 2.05) is 37.3 Å². The zero-order valence-electron chi connectivity index (χ0n) is 28.9. The number of carbonyl (C=O) groups is 2. The van der Waals surface area contributed by atoms with Crippen molar-refractivity contribution in [2.45, 2.75) is 125 Å². The molecule has 0 bridgehead atoms. The third-order valence-corrected chi connectivity index (χ3v) is 11.5. The average Bonchev–Trinajstić information content (AvgIpc) is 3.91. The van der Waals surface area contributed by atoms with E-state index >= 15 is 0 Å². The fourth-order valence-electron chi connectivity index (χ4n) is 8.28. The Labute approximate surface area is 300 Å². The topological polar surface area (TPSA) is 233 Å². The molecule has 6 fully saturated rings. The number of hydrogen-bond donors (Lipinski definition) is 6. The molecule has 0 aromatic heterocycles. The molecule has 5 saturated heterocycles. The van der Waals surface area contributed by atoms with E-state index in [4.69, 9.17) is 37.9 Å². The zero-order chi connectivity index (χ0) is 36.9. The monoisotopic (exact) mass is 736 g/mol. The lowest BCUT2D eigenvalue weighted by Gasteiger charge is -2.45. The standard InChI is InChI=1S/C36H48O16/c1-17-15-45-36(13-23(17)48-25(38)11-8-19-6-4-3-5-7-19)35(16-46-35)21-10-9-20(12-22(21)52-36)32(44)51-34-31(29(42)27(40)24(14-37)49-34)50-33-30(43)28(41)26(39)18(2)47-33/h3-8,11,17-18,20-24,26-31,33-34,37,39-43H,9-10,12-16H2,1-2H3/t17-,18+,20+,21+,22-,23+,24+,26-,27+,28+,29-,30-,31+,33-,34-,35-,36+/m0/s1. The average molecular weight is 737 g/mol. The van der Waals surface area contributed by atoms with E-state index in [-0.39, 0.29) is 31.3 Å². The lowest BCUT2D eigenvalue weighted by molar-refractivity contribution is -0.360. The molecule has 0 amide bonds. The van der Waals surface area contributed by atoms with Crippen LogP contribution in [-0.2, 0) is 47.5 Å². The van der Waals surface area contributed by atoms with Gasteiger partial charge in [-0.15, -0.1) is 0 Å². The smallest absolute Gasteiger partial charge is 0.331 e. The highest BCUT2D eigenvalue weighted by atomic mass is 16.8. The van der Waals surface area contributed by atoms with Gasteiger partial charge >= 0.3 is 11.9 Å². The first-order chi connectivity index (χ1) is 24.9. The number of benzene rings is 1. The zero-order valence-corrected chi connectivity index (χ0v) is 28.9. The maximum atomic E-state index is 13.7. The Morgan fingerprint density at radius 2 is 1.65 bits per heavy atom. The van der Waals surface area contributed by atoms with Gasteiger partial charge in [0.05, 0.1) is 37.9 Å². The number of fused-ring (bicyclic) bond motifs is 3. The third kappa shape index (κ3) is 6.93. The highest BCUT2D eigenvalue weighted by Crippen LogP contribution is 2.62. The summed E-state index contributed by atoms with van der Waals surface area (Å²) in [7, 11) is 0. The first kappa shape index (κ1) is 37.7. The van der Waals surface area contributed by atoms with E-state index in [1.54, 1.807) is 6.08 Å². The number of ether oxygens (including phenoxy) is 8. The van der Waals surface area contributed by atoms with Gasteiger partial charge < -0.3 is 68.5 Å². The van der Waals surface area contributed by atoms with Crippen molar-refractivity contribution < 1.29 is 78.1 Å². The summed E-state index contributed by atoms with van der Waals surface area (Å²) in [6, 6.07) is 9.41. The molecule has 1 aromatic carbocycles. The number of carbonyl (C=O) groups excluding carboxylic acids is 2. The van der Waals surface area contributed by atoms with Gasteiger partial charge in [-0.1, -0.05) is 37.3 Å². The van der Waals surface area contributed by atoms with Crippen molar-refractivity contribution in [1.82, 2.24) is 0 Å². The molecule has 16 nitrogen and oxygen atoms in total. The predicted molar refractivity (Wildman–Crippen MR) is 173 cm³/mol. The fourth-order valence-corrected chi connectivity index (χ4v) is 8.28. The predicted octanol–water partition coefficient (Wildman–Crippen LogP) is -0.857. The summed E-state index contributed by atoms with van der Waals surface area (Å²) in [5, 5.41) is 62.1. The van der Waals surface area contributed by atoms with Crippen LogP contribution < -0.4 is 0 Å². The van der Waals surface area contributed by atoms with Crippen molar-refractivity contribution in [3.63, 3.8) is 0 Å². The number of aliphatic hydroxyl groups excluding tert-OH is 6. The number of epoxide rings is 1. The SMILES string of the molecule is C[C@H]1CO[C@]2(C[C@H]1OC(=O)C=Cc1ccccc1)O[C@H]1C[C@H](C(=O)O[C@@H]3O[C@H](CO)[C@@H](O)[C@H](O)[C@H]3O[C@@H]3O[C@H](C)[C@H](O)[C@@H](O)[C@@H]3O)CC[C@H]1[C@@]21CO1. The van der Waals surface area contributed by atoms with Gasteiger partial charge in [0.2, 0.25) is 12.1 Å². The molecule has 5 heterocycles. The van der Waals surface area contributed by atoms with E-state index in [1.165, 1.54) is 13.0 Å². The second-order valence-electron chi connectivity index (χ2n) is 14.8. The number of esters is 2. The van der Waals surface area contributed by atoms with Crippen LogP contribution in [0.25, 0.3) is 6.08 Å². The van der Waals surface area contributed by atoms with Crippen LogP contribution in [0, 0.1) is 17.8 Å². The molecule has 16 heteroatoms. The first-order valence-corrected chi connectivity index (χ1v) is 17.9. The van der Waals surface area contributed by atoms with Crippen LogP contribution in [0.4, 0.5) is 0 Å². The van der Waals surface area contributed by atoms with Crippen LogP contribution in [0.3, 0.4) is 0 Å². The summed E-state index contributed by atoms with van der Waals surface area (Å²) in [6.45, 7) is 3.33. The quantitative estimate of drug-likeness (QED) is 0.108. The molecule has 288 valence electrons. The van der Waals surface area contributed by atoms with Crippen LogP contribution in [0.2, 0.25) is 0 Å². The molecule has 0 radical (unpaired) electrons. The van der Waals surface area contributed by atoms with Crippen molar-refractivity contribution in [3.8, 4) is 0 Å². The first-order valence-electron chi connectivity index (χ1n) is 17.9. The maximum absolute atomic E-state index is 13.7. The Morgan fingerprint density at radius 1 is 0.904 bits per heavy atom. The third-order valence-electron chi connectivity index (χ3n) is 11.5. The summed E-state index contributed by atoms with van der Waals surface area (Å²) in [5.41, 5.74) is 0.109. The highest BCUT2D eigenvalue weighted by molar-refractivity contribution is 5.87. The van der Waals surface area contributed by atoms with Gasteiger partial charge in [-0.05, 0) is 37.8 Å². The van der Waals surface area contributed by atoms with Gasteiger partial charge in [0.15, 0.2) is 18.0 Å². The van der Waals surface area contributed by atoms with Gasteiger partial charge in [-0.25, -0.2) is 4.79 Å². The lowest BCUT2D eigenvalue weighted by Crippen LogP contribution is -2.64. The summed E-state index contributed by atoms with van der Waals surface area (Å²) >= 11 is 0. The molecule has 1 saturated carbocycles. The van der Waals surface area contributed by atoms with Gasteiger partial charge in [-0.2, -0.15) is 0 Å². The molecule has 17 atom stereocenters. The molecule has 1 aromatic rings. The Kier molecular flexibility index (Phi) is 10.8. The Bertz CT molecular complexity index is 1450. The van der Waals surface area contributed by atoms with Crippen LogP contribution in [-0.4, -0.2) is 147 Å². The van der Waals surface area contributed by atoms with E-state index in [0.717, 1.165) is 5.56 Å². The van der Waals surface area contributed by atoms with Gasteiger partial charge in [0.25, 0.3) is 0 Å². The lowest BCUT2D eigenvalue weighted by atomic mass is 9.72. The minimum absolute atomic E-state index is 0.106. The minimum atomic E-state index is -1.76. The van der Waals surface area contributed by atoms with Crippen molar-refractivity contribution in [1.29, 1.82) is 0 Å². The van der Waals surface area contributed by atoms with Gasteiger partial charge in [0.1, 0.15) is 42.7 Å². The normalized spacial score (nSPS) is 47.3. The summed E-state index contributed by atoms with van der Waals surface area (Å²) in [5.74, 6) is -3.28. The van der Waals surface area contributed by atoms with Crippen molar-refractivity contribution in [3.05, 3.63) is 42.0 Å². The molecule has 2 spiro atoms. The van der Waals surface area contributed by atoms with Crippen LogP contribution in [0.15, 0.2) is 36.4 Å². The largest absolute Gasteiger partial charge is 0.459 e. The van der Waals surface area contributed by atoms with Crippen molar-refractivity contribution in [2.24, 2.45) is 17.8 Å². The molecule has 5 aliphatic heterocycles. The van der Waals surface area contributed by atoms with Crippen molar-refractivity contribution in [2.75, 3.05) is 19.8 Å². The van der Waals surface area contributed by atoms with Gasteiger partial charge in [-0.3, -0.25) is 4.79 Å². The van der Waals surface area contributed by atoms with Gasteiger partial charge in [0, 0.05) is 24.3 Å². The molecular formula is C36H48O16. The van der Waals surface area contributed by atoms with Crippen LogP contribution in [0.1, 0.15) is 45.1 Å². The Balaban J connectivity index is 1.01. The number of rotatable bonds is 8. The van der Waals surface area contributed by atoms with E-state index < -0.39 is 109 Å². The molecule has 6 aliphatic rings. The maximum Gasteiger partial charge on any atom is 0.331 e. The number of aliphatic hydroxyl groups is 6.